The highest BCUT2D eigenvalue weighted by atomic mass is 16.3. The van der Waals surface area contributed by atoms with E-state index in [0.717, 1.165) is 29.8 Å². The first kappa shape index (κ1) is 12.8. The van der Waals surface area contributed by atoms with Crippen molar-refractivity contribution in [1.82, 2.24) is 9.55 Å². The zero-order valence-corrected chi connectivity index (χ0v) is 10.8. The number of rotatable bonds is 6. The maximum atomic E-state index is 9.90. The van der Waals surface area contributed by atoms with E-state index >= 15 is 0 Å². The van der Waals surface area contributed by atoms with Crippen LogP contribution >= 0.6 is 0 Å². The minimum Gasteiger partial charge on any atom is -0.392 e. The van der Waals surface area contributed by atoms with Crippen molar-refractivity contribution in [2.24, 2.45) is 0 Å². The number of hydrogen-bond acceptors (Lipinski definition) is 2. The number of aliphatic hydroxyl groups excluding tert-OH is 1. The lowest BCUT2D eigenvalue weighted by Gasteiger charge is -2.10. The number of nitrogens with zero attached hydrogens (tertiary/aromatic N) is 2. The molecule has 0 aliphatic carbocycles. The predicted octanol–water partition coefficient (Wildman–Crippen LogP) is 2.93. The third kappa shape index (κ3) is 2.62. The standard InChI is InChI=1S/C15H20N2O/c1-3-7-12(18)11-15-16-13-8-5-6-9-14(13)17(15)10-4-2/h3,5-6,8-9,12,18H,1,4,7,10-11H2,2H3. The first-order chi connectivity index (χ1) is 8.76. The van der Waals surface area contributed by atoms with Gasteiger partial charge in [0.1, 0.15) is 5.82 Å². The van der Waals surface area contributed by atoms with E-state index in [1.165, 1.54) is 0 Å². The minimum atomic E-state index is -0.394. The monoisotopic (exact) mass is 244 g/mol. The molecular formula is C15H20N2O. The van der Waals surface area contributed by atoms with Crippen molar-refractivity contribution in [3.8, 4) is 0 Å². The first-order valence-electron chi connectivity index (χ1n) is 6.49. The maximum absolute atomic E-state index is 9.90. The van der Waals surface area contributed by atoms with Crippen LogP contribution in [-0.2, 0) is 13.0 Å². The quantitative estimate of drug-likeness (QED) is 0.793. The molecule has 2 rings (SSSR count). The number of imidazole rings is 1. The summed E-state index contributed by atoms with van der Waals surface area (Å²) in [5.41, 5.74) is 2.16. The molecule has 0 fully saturated rings. The third-order valence-corrected chi connectivity index (χ3v) is 3.04. The van der Waals surface area contributed by atoms with Gasteiger partial charge in [0.05, 0.1) is 17.1 Å². The second-order valence-electron chi connectivity index (χ2n) is 4.55. The van der Waals surface area contributed by atoms with Crippen LogP contribution in [0.1, 0.15) is 25.6 Å². The van der Waals surface area contributed by atoms with Gasteiger partial charge in [-0.05, 0) is 25.0 Å². The molecule has 18 heavy (non-hydrogen) atoms. The van der Waals surface area contributed by atoms with Crippen molar-refractivity contribution in [3.63, 3.8) is 0 Å². The number of benzene rings is 1. The van der Waals surface area contributed by atoms with Gasteiger partial charge >= 0.3 is 0 Å². The molecule has 0 saturated carbocycles. The number of aromatic nitrogens is 2. The predicted molar refractivity (Wildman–Crippen MR) is 74.5 cm³/mol. The lowest BCUT2D eigenvalue weighted by Crippen LogP contribution is -2.14. The molecule has 0 saturated heterocycles. The van der Waals surface area contributed by atoms with Gasteiger partial charge in [0.25, 0.3) is 0 Å². The number of aryl methyl sites for hydroxylation is 1. The molecule has 3 nitrogen and oxygen atoms in total. The Morgan fingerprint density at radius 2 is 2.22 bits per heavy atom. The van der Waals surface area contributed by atoms with Crippen LogP contribution in [0.15, 0.2) is 36.9 Å². The normalized spacial score (nSPS) is 12.8. The summed E-state index contributed by atoms with van der Waals surface area (Å²) in [6.45, 7) is 6.75. The van der Waals surface area contributed by atoms with Gasteiger partial charge in [-0.3, -0.25) is 0 Å². The van der Waals surface area contributed by atoms with E-state index in [1.807, 2.05) is 18.2 Å². The molecule has 0 amide bonds. The van der Waals surface area contributed by atoms with Crippen molar-refractivity contribution < 1.29 is 5.11 Å². The molecule has 1 unspecified atom stereocenters. The molecule has 3 heteroatoms. The molecule has 0 aliphatic heterocycles. The van der Waals surface area contributed by atoms with Crippen LogP contribution in [0, 0.1) is 0 Å². The van der Waals surface area contributed by atoms with Gasteiger partial charge in [-0.1, -0.05) is 25.1 Å². The van der Waals surface area contributed by atoms with Gasteiger partial charge in [-0.2, -0.15) is 0 Å². The Morgan fingerprint density at radius 3 is 2.94 bits per heavy atom. The van der Waals surface area contributed by atoms with Crippen molar-refractivity contribution in [2.75, 3.05) is 0 Å². The summed E-state index contributed by atoms with van der Waals surface area (Å²) in [5, 5.41) is 9.90. The molecule has 0 radical (unpaired) electrons. The van der Waals surface area contributed by atoms with Crippen LogP contribution in [0.4, 0.5) is 0 Å². The van der Waals surface area contributed by atoms with Gasteiger partial charge in [-0.15, -0.1) is 6.58 Å². The van der Waals surface area contributed by atoms with Crippen LogP contribution in [0.25, 0.3) is 11.0 Å². The zero-order chi connectivity index (χ0) is 13.0. The van der Waals surface area contributed by atoms with Crippen LogP contribution in [0.5, 0.6) is 0 Å². The van der Waals surface area contributed by atoms with Gasteiger partial charge in [0, 0.05) is 13.0 Å². The molecule has 0 bridgehead atoms. The summed E-state index contributed by atoms with van der Waals surface area (Å²) in [4.78, 5) is 4.62. The highest BCUT2D eigenvalue weighted by Crippen LogP contribution is 2.18. The molecule has 1 atom stereocenters. The second kappa shape index (κ2) is 5.83. The van der Waals surface area contributed by atoms with E-state index in [9.17, 15) is 5.11 Å². The molecule has 0 aliphatic rings. The fourth-order valence-corrected chi connectivity index (χ4v) is 2.24. The molecule has 2 aromatic rings. The van der Waals surface area contributed by atoms with Crippen LogP contribution in [-0.4, -0.2) is 20.8 Å². The van der Waals surface area contributed by atoms with Crippen LogP contribution in [0.2, 0.25) is 0 Å². The fourth-order valence-electron chi connectivity index (χ4n) is 2.24. The van der Waals surface area contributed by atoms with Crippen molar-refractivity contribution in [3.05, 3.63) is 42.7 Å². The number of aliphatic hydroxyl groups is 1. The smallest absolute Gasteiger partial charge is 0.112 e. The summed E-state index contributed by atoms with van der Waals surface area (Å²) in [6.07, 6.45) is 3.60. The highest BCUT2D eigenvalue weighted by Gasteiger charge is 2.13. The van der Waals surface area contributed by atoms with Crippen LogP contribution < -0.4 is 0 Å². The molecule has 1 aromatic carbocycles. The van der Waals surface area contributed by atoms with Crippen LogP contribution in [0.3, 0.4) is 0 Å². The summed E-state index contributed by atoms with van der Waals surface area (Å²) in [7, 11) is 0. The average Bonchev–Trinajstić information content (AvgIpc) is 2.68. The average molecular weight is 244 g/mol. The topological polar surface area (TPSA) is 38.1 Å². The number of para-hydroxylation sites is 2. The summed E-state index contributed by atoms with van der Waals surface area (Å²) < 4.78 is 2.21. The number of hydrogen-bond donors (Lipinski definition) is 1. The molecule has 1 aromatic heterocycles. The summed E-state index contributed by atoms with van der Waals surface area (Å²) >= 11 is 0. The van der Waals surface area contributed by atoms with Gasteiger partial charge in [0.15, 0.2) is 0 Å². The Hall–Kier alpha value is -1.61. The molecule has 0 spiro atoms. The Kier molecular flexibility index (Phi) is 4.15. The van der Waals surface area contributed by atoms with E-state index in [-0.39, 0.29) is 0 Å². The largest absolute Gasteiger partial charge is 0.392 e. The summed E-state index contributed by atoms with van der Waals surface area (Å²) in [5.74, 6) is 0.965. The number of fused-ring (bicyclic) bond motifs is 1. The first-order valence-corrected chi connectivity index (χ1v) is 6.49. The highest BCUT2D eigenvalue weighted by molar-refractivity contribution is 5.75. The SMILES string of the molecule is C=CCC(O)Cc1nc2ccccc2n1CCC. The van der Waals surface area contributed by atoms with Gasteiger partial charge < -0.3 is 9.67 Å². The Balaban J connectivity index is 2.35. The zero-order valence-electron chi connectivity index (χ0n) is 10.8. The van der Waals surface area contributed by atoms with Crippen molar-refractivity contribution >= 4 is 11.0 Å². The van der Waals surface area contributed by atoms with Gasteiger partial charge in [-0.25, -0.2) is 4.98 Å². The fraction of sp³-hybridized carbons (Fsp3) is 0.400. The van der Waals surface area contributed by atoms with E-state index < -0.39 is 6.10 Å². The van der Waals surface area contributed by atoms with E-state index in [1.54, 1.807) is 6.08 Å². The molecule has 96 valence electrons. The lowest BCUT2D eigenvalue weighted by molar-refractivity contribution is 0.174. The Labute approximate surface area is 108 Å². The van der Waals surface area contributed by atoms with Crippen molar-refractivity contribution in [2.45, 2.75) is 38.8 Å². The molecule has 1 heterocycles. The van der Waals surface area contributed by atoms with Gasteiger partial charge in [0.2, 0.25) is 0 Å². The second-order valence-corrected chi connectivity index (χ2v) is 4.55. The Morgan fingerprint density at radius 1 is 1.44 bits per heavy atom. The van der Waals surface area contributed by atoms with E-state index in [4.69, 9.17) is 0 Å². The maximum Gasteiger partial charge on any atom is 0.112 e. The third-order valence-electron chi connectivity index (χ3n) is 3.04. The summed E-state index contributed by atoms with van der Waals surface area (Å²) in [6, 6.07) is 8.13. The van der Waals surface area contributed by atoms with E-state index in [2.05, 4.69) is 29.1 Å². The van der Waals surface area contributed by atoms with Crippen molar-refractivity contribution in [1.29, 1.82) is 0 Å². The Bertz CT molecular complexity index is 530. The lowest BCUT2D eigenvalue weighted by atomic mass is 10.2. The molecular weight excluding hydrogens is 224 g/mol. The minimum absolute atomic E-state index is 0.394. The molecule has 1 N–H and O–H groups in total. The van der Waals surface area contributed by atoms with E-state index in [0.29, 0.717) is 12.8 Å².